The Balaban J connectivity index is 1.63. The molecular weight excluding hydrogens is 300 g/mol. The molecule has 0 radical (unpaired) electrons. The first kappa shape index (κ1) is 13.4. The Bertz CT molecular complexity index is 1190. The highest BCUT2D eigenvalue weighted by Crippen LogP contribution is 2.48. The van der Waals surface area contributed by atoms with Crippen molar-refractivity contribution in [3.05, 3.63) is 94.5 Å². The standard InChI is InChI=1S/C25H18/c1-15-6-9-19-18(12-15)14-23-21(19)10-11-22-24(23)13-17-8-7-16-4-2-3-5-20(16)25(17)22/h2-12H,13-14H2,1H3. The predicted molar refractivity (Wildman–Crippen MR) is 105 cm³/mol. The monoisotopic (exact) mass is 318 g/mol. The van der Waals surface area contributed by atoms with Gasteiger partial charge in [-0.3, -0.25) is 0 Å². The topological polar surface area (TPSA) is 0 Å². The lowest BCUT2D eigenvalue weighted by atomic mass is 9.95. The Hall–Kier alpha value is -2.86. The first-order valence-corrected chi connectivity index (χ1v) is 9.05. The van der Waals surface area contributed by atoms with E-state index in [9.17, 15) is 0 Å². The van der Waals surface area contributed by atoms with Gasteiger partial charge in [0.05, 0.1) is 0 Å². The van der Waals surface area contributed by atoms with Crippen LogP contribution in [0.2, 0.25) is 0 Å². The highest BCUT2D eigenvalue weighted by atomic mass is 14.3. The largest absolute Gasteiger partial charge is 0.0616 e. The number of rotatable bonds is 0. The number of aryl methyl sites for hydroxylation is 1. The van der Waals surface area contributed by atoms with Crippen LogP contribution in [-0.2, 0) is 12.8 Å². The van der Waals surface area contributed by atoms with Crippen molar-refractivity contribution >= 4 is 10.8 Å². The van der Waals surface area contributed by atoms with Gasteiger partial charge in [-0.25, -0.2) is 0 Å². The lowest BCUT2D eigenvalue weighted by Crippen LogP contribution is -1.90. The maximum Gasteiger partial charge on any atom is -0.00101 e. The Morgan fingerprint density at radius 1 is 0.640 bits per heavy atom. The fourth-order valence-electron chi connectivity index (χ4n) is 4.88. The van der Waals surface area contributed by atoms with E-state index in [0.717, 1.165) is 12.8 Å². The van der Waals surface area contributed by atoms with E-state index in [1.165, 1.54) is 49.7 Å². The molecule has 0 fully saturated rings. The van der Waals surface area contributed by atoms with Crippen molar-refractivity contribution in [2.24, 2.45) is 0 Å². The van der Waals surface area contributed by atoms with Gasteiger partial charge < -0.3 is 0 Å². The summed E-state index contributed by atoms with van der Waals surface area (Å²) in [6.45, 7) is 2.19. The minimum atomic E-state index is 1.08. The molecule has 0 heteroatoms. The molecule has 0 nitrogen and oxygen atoms in total. The Morgan fingerprint density at radius 2 is 1.40 bits per heavy atom. The van der Waals surface area contributed by atoms with Gasteiger partial charge in [0.2, 0.25) is 0 Å². The van der Waals surface area contributed by atoms with Gasteiger partial charge in [-0.05, 0) is 75.0 Å². The third-order valence-corrected chi connectivity index (χ3v) is 6.00. The molecule has 0 unspecified atom stereocenters. The SMILES string of the molecule is Cc1ccc2c(c1)Cc1c-2ccc2c1Cc1ccc3ccccc3c1-2. The zero-order valence-electron chi connectivity index (χ0n) is 14.3. The summed E-state index contributed by atoms with van der Waals surface area (Å²) in [5.74, 6) is 0. The summed E-state index contributed by atoms with van der Waals surface area (Å²) in [5, 5.41) is 2.73. The molecule has 0 atom stereocenters. The number of hydrogen-bond donors (Lipinski definition) is 0. The van der Waals surface area contributed by atoms with Crippen molar-refractivity contribution in [2.45, 2.75) is 19.8 Å². The first-order valence-electron chi connectivity index (χ1n) is 9.05. The van der Waals surface area contributed by atoms with Crippen molar-refractivity contribution in [3.63, 3.8) is 0 Å². The molecule has 0 heterocycles. The summed E-state index contributed by atoms with van der Waals surface area (Å²) in [6, 6.07) is 25.0. The quantitative estimate of drug-likeness (QED) is 0.309. The summed E-state index contributed by atoms with van der Waals surface area (Å²) < 4.78 is 0. The average Bonchev–Trinajstić information content (AvgIpc) is 3.19. The van der Waals surface area contributed by atoms with Crippen LogP contribution in [0.3, 0.4) is 0 Å². The van der Waals surface area contributed by atoms with E-state index in [0.29, 0.717) is 0 Å². The lowest BCUT2D eigenvalue weighted by molar-refractivity contribution is 1.16. The van der Waals surface area contributed by atoms with Crippen LogP contribution in [0.25, 0.3) is 33.0 Å². The van der Waals surface area contributed by atoms with Crippen LogP contribution in [0, 0.1) is 6.92 Å². The van der Waals surface area contributed by atoms with Crippen molar-refractivity contribution in [2.75, 3.05) is 0 Å². The smallest absolute Gasteiger partial charge is 0.00101 e. The van der Waals surface area contributed by atoms with Crippen LogP contribution in [0.1, 0.15) is 27.8 Å². The Morgan fingerprint density at radius 3 is 2.36 bits per heavy atom. The first-order chi connectivity index (χ1) is 12.3. The van der Waals surface area contributed by atoms with Gasteiger partial charge in [0.1, 0.15) is 0 Å². The number of benzene rings is 4. The number of fused-ring (bicyclic) bond motifs is 9. The van der Waals surface area contributed by atoms with Gasteiger partial charge in [-0.15, -0.1) is 0 Å². The molecule has 0 N–H and O–H groups in total. The van der Waals surface area contributed by atoms with Crippen LogP contribution < -0.4 is 0 Å². The van der Waals surface area contributed by atoms with Gasteiger partial charge >= 0.3 is 0 Å². The van der Waals surface area contributed by atoms with E-state index in [4.69, 9.17) is 0 Å². The van der Waals surface area contributed by atoms with Crippen molar-refractivity contribution in [3.8, 4) is 22.3 Å². The molecule has 4 aromatic carbocycles. The molecular formula is C25H18. The second-order valence-electron chi connectivity index (χ2n) is 7.45. The van der Waals surface area contributed by atoms with E-state index >= 15 is 0 Å². The molecule has 25 heavy (non-hydrogen) atoms. The van der Waals surface area contributed by atoms with Gasteiger partial charge in [0.25, 0.3) is 0 Å². The van der Waals surface area contributed by atoms with E-state index in [-0.39, 0.29) is 0 Å². The molecule has 2 aliphatic rings. The molecule has 118 valence electrons. The normalized spacial score (nSPS) is 13.5. The zero-order valence-corrected chi connectivity index (χ0v) is 14.3. The van der Waals surface area contributed by atoms with Crippen LogP contribution in [0.4, 0.5) is 0 Å². The highest BCUT2D eigenvalue weighted by molar-refractivity contribution is 6.02. The van der Waals surface area contributed by atoms with Crippen LogP contribution in [0.5, 0.6) is 0 Å². The van der Waals surface area contributed by atoms with Crippen molar-refractivity contribution in [1.82, 2.24) is 0 Å². The van der Waals surface area contributed by atoms with E-state index in [1.807, 2.05) is 0 Å². The molecule has 4 aromatic rings. The summed E-state index contributed by atoms with van der Waals surface area (Å²) in [4.78, 5) is 0. The van der Waals surface area contributed by atoms with Gasteiger partial charge in [0, 0.05) is 0 Å². The summed E-state index contributed by atoms with van der Waals surface area (Å²) in [5.41, 5.74) is 13.2. The fourth-order valence-corrected chi connectivity index (χ4v) is 4.88. The summed E-state index contributed by atoms with van der Waals surface area (Å²) >= 11 is 0. The molecule has 0 aliphatic heterocycles. The van der Waals surface area contributed by atoms with Crippen LogP contribution >= 0.6 is 0 Å². The molecule has 0 amide bonds. The molecule has 0 aromatic heterocycles. The van der Waals surface area contributed by atoms with Crippen LogP contribution in [0.15, 0.2) is 66.7 Å². The molecule has 6 rings (SSSR count). The average molecular weight is 318 g/mol. The fraction of sp³-hybridized carbons (Fsp3) is 0.120. The van der Waals surface area contributed by atoms with Gasteiger partial charge in [-0.2, -0.15) is 0 Å². The highest BCUT2D eigenvalue weighted by Gasteiger charge is 2.28. The second kappa shape index (κ2) is 4.61. The van der Waals surface area contributed by atoms with Crippen molar-refractivity contribution < 1.29 is 0 Å². The number of hydrogen-bond acceptors (Lipinski definition) is 0. The van der Waals surface area contributed by atoms with Gasteiger partial charge in [0.15, 0.2) is 0 Å². The maximum atomic E-state index is 2.36. The molecule has 0 saturated carbocycles. The Kier molecular flexibility index (Phi) is 2.48. The van der Waals surface area contributed by atoms with Crippen molar-refractivity contribution in [1.29, 1.82) is 0 Å². The third kappa shape index (κ3) is 1.72. The van der Waals surface area contributed by atoms with E-state index in [1.54, 1.807) is 11.1 Å². The lowest BCUT2D eigenvalue weighted by Gasteiger charge is -2.09. The molecule has 2 aliphatic carbocycles. The minimum Gasteiger partial charge on any atom is -0.0616 e. The minimum absolute atomic E-state index is 1.08. The third-order valence-electron chi connectivity index (χ3n) is 6.00. The van der Waals surface area contributed by atoms with E-state index < -0.39 is 0 Å². The van der Waals surface area contributed by atoms with Gasteiger partial charge in [-0.1, -0.05) is 72.3 Å². The second-order valence-corrected chi connectivity index (χ2v) is 7.45. The molecule has 0 spiro atoms. The Labute approximate surface area is 147 Å². The zero-order chi connectivity index (χ0) is 16.5. The maximum absolute atomic E-state index is 2.36. The molecule has 0 bridgehead atoms. The summed E-state index contributed by atoms with van der Waals surface area (Å²) in [7, 11) is 0. The van der Waals surface area contributed by atoms with Crippen LogP contribution in [-0.4, -0.2) is 0 Å². The predicted octanol–water partition coefficient (Wildman–Crippen LogP) is 6.29. The van der Waals surface area contributed by atoms with E-state index in [2.05, 4.69) is 73.7 Å². The summed E-state index contributed by atoms with van der Waals surface area (Å²) in [6.07, 6.45) is 2.16. The molecule has 0 saturated heterocycles.